The third kappa shape index (κ3) is 1.41. The maximum atomic E-state index is 2.54. The quantitative estimate of drug-likeness (QED) is 0.311. The molecule has 0 nitrogen and oxygen atoms in total. The predicted octanol–water partition coefficient (Wildman–Crippen LogP) is 7.18. The molecule has 0 N–H and O–H groups in total. The fourth-order valence-corrected chi connectivity index (χ4v) is 6.84. The molecule has 0 heterocycles. The van der Waals surface area contributed by atoms with Gasteiger partial charge in [-0.2, -0.15) is 0 Å². The van der Waals surface area contributed by atoms with E-state index in [1.54, 1.807) is 33.4 Å². The van der Waals surface area contributed by atoms with Gasteiger partial charge in [-0.1, -0.05) is 76.2 Å². The highest BCUT2D eigenvalue weighted by atomic mass is 14.5. The summed E-state index contributed by atoms with van der Waals surface area (Å²) in [6.45, 7) is 9.80. The molecular weight excluding hydrogens is 336 g/mol. The molecule has 7 rings (SSSR count). The van der Waals surface area contributed by atoms with Gasteiger partial charge in [-0.25, -0.2) is 0 Å². The van der Waals surface area contributed by atoms with Crippen molar-refractivity contribution in [3.63, 3.8) is 0 Å². The van der Waals surface area contributed by atoms with Crippen LogP contribution in [-0.2, 0) is 10.8 Å². The summed E-state index contributed by atoms with van der Waals surface area (Å²) >= 11 is 0. The first kappa shape index (κ1) is 15.3. The van der Waals surface area contributed by atoms with Gasteiger partial charge in [-0.3, -0.25) is 0 Å². The highest BCUT2D eigenvalue weighted by Gasteiger charge is 2.51. The molecule has 136 valence electrons. The van der Waals surface area contributed by atoms with Crippen LogP contribution >= 0.6 is 0 Å². The second-order valence-corrected chi connectivity index (χ2v) is 10.2. The molecule has 0 aromatic heterocycles. The van der Waals surface area contributed by atoms with Crippen LogP contribution in [0.25, 0.3) is 27.8 Å². The fourth-order valence-electron chi connectivity index (χ4n) is 6.84. The summed E-state index contributed by atoms with van der Waals surface area (Å²) in [4.78, 5) is 0. The molecule has 4 aliphatic rings. The van der Waals surface area contributed by atoms with Gasteiger partial charge in [0.1, 0.15) is 0 Å². The zero-order valence-electron chi connectivity index (χ0n) is 17.0. The van der Waals surface area contributed by atoms with Gasteiger partial charge in [-0.15, -0.1) is 0 Å². The van der Waals surface area contributed by atoms with Gasteiger partial charge in [0, 0.05) is 5.41 Å². The van der Waals surface area contributed by atoms with Crippen molar-refractivity contribution in [3.8, 4) is 22.3 Å². The molecule has 28 heavy (non-hydrogen) atoms. The van der Waals surface area contributed by atoms with E-state index in [4.69, 9.17) is 0 Å². The summed E-state index contributed by atoms with van der Waals surface area (Å²) in [5.41, 5.74) is 17.0. The Morgan fingerprint density at radius 3 is 2.29 bits per heavy atom. The lowest BCUT2D eigenvalue weighted by Crippen LogP contribution is -2.33. The van der Waals surface area contributed by atoms with Crippen molar-refractivity contribution >= 4 is 5.57 Å². The number of fused-ring (bicyclic) bond motifs is 3. The van der Waals surface area contributed by atoms with Crippen LogP contribution in [0.5, 0.6) is 0 Å². The topological polar surface area (TPSA) is 0 Å². The molecule has 0 radical (unpaired) electrons. The highest BCUT2D eigenvalue weighted by Crippen LogP contribution is 2.66. The molecule has 0 spiro atoms. The van der Waals surface area contributed by atoms with Crippen LogP contribution in [0.4, 0.5) is 0 Å². The second-order valence-electron chi connectivity index (χ2n) is 10.2. The lowest BCUT2D eigenvalue weighted by molar-refractivity contribution is 0.406. The van der Waals surface area contributed by atoms with Crippen molar-refractivity contribution in [2.24, 2.45) is 0 Å². The van der Waals surface area contributed by atoms with Gasteiger partial charge >= 0.3 is 0 Å². The maximum absolute atomic E-state index is 2.54. The van der Waals surface area contributed by atoms with Gasteiger partial charge in [0.15, 0.2) is 0 Å². The smallest absolute Gasteiger partial charge is 0.0159 e. The Labute approximate surface area is 166 Å². The van der Waals surface area contributed by atoms with Crippen molar-refractivity contribution in [2.75, 3.05) is 0 Å². The highest BCUT2D eigenvalue weighted by molar-refractivity contribution is 6.07. The lowest BCUT2D eigenvalue weighted by atomic mass is 9.59. The Morgan fingerprint density at radius 1 is 0.714 bits per heavy atom. The fraction of sp³-hybridized carbons (Fsp3) is 0.286. The number of hydrogen-bond donors (Lipinski definition) is 0. The zero-order valence-corrected chi connectivity index (χ0v) is 17.0. The SMILES string of the molecule is CC1(C)c2cccc3c2-c2c1cc1c4c2C(CC=C4c2ccccc2-1)C3(C)C. The third-order valence-corrected chi connectivity index (χ3v) is 8.28. The molecule has 3 aromatic rings. The van der Waals surface area contributed by atoms with Crippen molar-refractivity contribution < 1.29 is 0 Å². The lowest BCUT2D eigenvalue weighted by Gasteiger charge is -2.44. The van der Waals surface area contributed by atoms with Crippen molar-refractivity contribution in [2.45, 2.75) is 50.9 Å². The first-order valence-corrected chi connectivity index (χ1v) is 10.6. The van der Waals surface area contributed by atoms with Crippen molar-refractivity contribution in [1.82, 2.24) is 0 Å². The summed E-state index contributed by atoms with van der Waals surface area (Å²) in [6, 6.07) is 18.6. The molecule has 0 amide bonds. The molecule has 1 unspecified atom stereocenters. The monoisotopic (exact) mass is 360 g/mol. The summed E-state index contributed by atoms with van der Waals surface area (Å²) < 4.78 is 0. The van der Waals surface area contributed by atoms with Crippen LogP contribution in [-0.4, -0.2) is 0 Å². The van der Waals surface area contributed by atoms with E-state index in [-0.39, 0.29) is 10.8 Å². The van der Waals surface area contributed by atoms with Gasteiger partial charge in [-0.05, 0) is 85.0 Å². The van der Waals surface area contributed by atoms with Crippen molar-refractivity contribution in [3.05, 3.63) is 88.0 Å². The maximum Gasteiger partial charge on any atom is 0.0159 e. The van der Waals surface area contributed by atoms with Crippen LogP contribution in [0.1, 0.15) is 73.4 Å². The summed E-state index contributed by atoms with van der Waals surface area (Å²) in [5.74, 6) is 0.561. The van der Waals surface area contributed by atoms with E-state index in [1.807, 2.05) is 0 Å². The standard InChI is InChI=1S/C28H24/c1-27(2)19-10-7-11-20-24(19)26-22(28(20,3)4)14-18-16-9-6-5-8-15(16)17-12-13-21(27)25(26)23(17)18/h5-12,14,21H,13H2,1-4H3. The molecule has 0 bridgehead atoms. The van der Waals surface area contributed by atoms with Gasteiger partial charge < -0.3 is 0 Å². The van der Waals surface area contributed by atoms with E-state index in [0.29, 0.717) is 5.92 Å². The van der Waals surface area contributed by atoms with E-state index >= 15 is 0 Å². The number of hydrogen-bond acceptors (Lipinski definition) is 0. The summed E-state index contributed by atoms with van der Waals surface area (Å²) in [7, 11) is 0. The van der Waals surface area contributed by atoms with E-state index in [2.05, 4.69) is 82.3 Å². The molecule has 0 aliphatic heterocycles. The summed E-state index contributed by atoms with van der Waals surface area (Å²) in [5, 5.41) is 0. The first-order chi connectivity index (χ1) is 13.4. The first-order valence-electron chi connectivity index (χ1n) is 10.6. The molecule has 0 saturated carbocycles. The minimum atomic E-state index is 0.0655. The van der Waals surface area contributed by atoms with E-state index in [9.17, 15) is 0 Å². The third-order valence-electron chi connectivity index (χ3n) is 8.28. The Kier molecular flexibility index (Phi) is 2.38. The Morgan fingerprint density at radius 2 is 1.46 bits per heavy atom. The normalized spacial score (nSPS) is 22.6. The molecule has 0 fully saturated rings. The number of benzene rings is 3. The van der Waals surface area contributed by atoms with Crippen molar-refractivity contribution in [1.29, 1.82) is 0 Å². The van der Waals surface area contributed by atoms with Gasteiger partial charge in [0.2, 0.25) is 0 Å². The zero-order chi connectivity index (χ0) is 19.0. The Balaban J connectivity index is 1.73. The van der Waals surface area contributed by atoms with Crippen LogP contribution in [0.2, 0.25) is 0 Å². The largest absolute Gasteiger partial charge is 0.0754 e. The second kappa shape index (κ2) is 4.35. The van der Waals surface area contributed by atoms with Crippen LogP contribution in [0.15, 0.2) is 54.6 Å². The van der Waals surface area contributed by atoms with Crippen LogP contribution < -0.4 is 0 Å². The van der Waals surface area contributed by atoms with E-state index in [0.717, 1.165) is 6.42 Å². The summed E-state index contributed by atoms with van der Waals surface area (Å²) in [6.07, 6.45) is 3.68. The van der Waals surface area contributed by atoms with Gasteiger partial charge in [0.05, 0.1) is 0 Å². The Hall–Kier alpha value is -2.60. The molecule has 0 heteroatoms. The molecule has 1 atom stereocenters. The molecule has 3 aromatic carbocycles. The number of allylic oxidation sites excluding steroid dienone is 1. The predicted molar refractivity (Wildman–Crippen MR) is 117 cm³/mol. The van der Waals surface area contributed by atoms with Crippen LogP contribution in [0, 0.1) is 0 Å². The van der Waals surface area contributed by atoms with Crippen LogP contribution in [0.3, 0.4) is 0 Å². The molecule has 4 aliphatic carbocycles. The van der Waals surface area contributed by atoms with E-state index in [1.165, 1.54) is 27.8 Å². The molecule has 0 saturated heterocycles. The minimum Gasteiger partial charge on any atom is -0.0754 e. The average molecular weight is 361 g/mol. The molecular formula is C28H24. The van der Waals surface area contributed by atoms with Gasteiger partial charge in [0.25, 0.3) is 0 Å². The Bertz CT molecular complexity index is 1280. The van der Waals surface area contributed by atoms with E-state index < -0.39 is 0 Å². The minimum absolute atomic E-state index is 0.0655. The number of rotatable bonds is 0. The average Bonchev–Trinajstić information content (AvgIpc) is 3.13.